The van der Waals surface area contributed by atoms with Crippen LogP contribution in [0.15, 0.2) is 58.5 Å². The van der Waals surface area contributed by atoms with Crippen molar-refractivity contribution in [1.29, 1.82) is 0 Å². The fourth-order valence-corrected chi connectivity index (χ4v) is 3.99. The molecule has 2 heterocycles. The van der Waals surface area contributed by atoms with Gasteiger partial charge in [0.15, 0.2) is 5.82 Å². The maximum absolute atomic E-state index is 12.2. The first-order valence-electron chi connectivity index (χ1n) is 9.75. The Morgan fingerprint density at radius 3 is 2.53 bits per heavy atom. The Kier molecular flexibility index (Phi) is 5.34. The van der Waals surface area contributed by atoms with Crippen molar-refractivity contribution >= 4 is 22.7 Å². The number of nitrogens with two attached hydrogens (primary N) is 1. The van der Waals surface area contributed by atoms with E-state index in [1.54, 1.807) is 6.07 Å². The lowest BCUT2D eigenvalue weighted by molar-refractivity contribution is 0.590. The molecule has 0 saturated carbocycles. The highest BCUT2D eigenvalue weighted by atomic mass is 32.2. The summed E-state index contributed by atoms with van der Waals surface area (Å²) in [6.45, 7) is 6.54. The average Bonchev–Trinajstić information content (AvgIpc) is 3.08. The summed E-state index contributed by atoms with van der Waals surface area (Å²) in [6.07, 6.45) is 0.590. The van der Waals surface area contributed by atoms with Gasteiger partial charge in [-0.2, -0.15) is 0 Å². The second kappa shape index (κ2) is 7.95. The summed E-state index contributed by atoms with van der Waals surface area (Å²) in [7, 11) is 0. The van der Waals surface area contributed by atoms with Crippen LogP contribution in [0.1, 0.15) is 32.2 Å². The van der Waals surface area contributed by atoms with E-state index in [0.717, 1.165) is 5.56 Å². The summed E-state index contributed by atoms with van der Waals surface area (Å²) in [5, 5.41) is 9.69. The minimum atomic E-state index is -0.122. The first-order chi connectivity index (χ1) is 14.3. The normalized spacial score (nSPS) is 11.8. The third-order valence-electron chi connectivity index (χ3n) is 4.91. The monoisotopic (exact) mass is 420 g/mol. The predicted molar refractivity (Wildman–Crippen MR) is 121 cm³/mol. The Bertz CT molecular complexity index is 1240. The standard InChI is InChI=1S/C22H24N6OS/c1-22(2,3)15-10-8-14(9-11-15)19-26-27-21(28(19)23)30-13-12-18-24-17-7-5-4-6-16(17)20(29)25-18/h4-11H,12-13,23H2,1-3H3,(H,24,25,29). The Morgan fingerprint density at radius 1 is 1.07 bits per heavy atom. The van der Waals surface area contributed by atoms with E-state index in [4.69, 9.17) is 5.84 Å². The number of thioether (sulfide) groups is 1. The van der Waals surface area contributed by atoms with Crippen LogP contribution in [-0.2, 0) is 11.8 Å². The van der Waals surface area contributed by atoms with Gasteiger partial charge in [-0.25, -0.2) is 9.66 Å². The van der Waals surface area contributed by atoms with Crippen molar-refractivity contribution in [1.82, 2.24) is 24.8 Å². The third kappa shape index (κ3) is 4.09. The van der Waals surface area contributed by atoms with Crippen molar-refractivity contribution in [2.45, 2.75) is 37.8 Å². The molecule has 0 fully saturated rings. The molecule has 4 aromatic rings. The molecule has 0 saturated heterocycles. The molecule has 154 valence electrons. The van der Waals surface area contributed by atoms with Crippen LogP contribution in [0.2, 0.25) is 0 Å². The predicted octanol–water partition coefficient (Wildman–Crippen LogP) is 3.53. The van der Waals surface area contributed by atoms with Crippen molar-refractivity contribution in [3.8, 4) is 11.4 Å². The van der Waals surface area contributed by atoms with Crippen LogP contribution in [0.3, 0.4) is 0 Å². The van der Waals surface area contributed by atoms with Crippen LogP contribution in [0, 0.1) is 0 Å². The van der Waals surface area contributed by atoms with Crippen molar-refractivity contribution in [3.05, 3.63) is 70.3 Å². The molecule has 0 amide bonds. The van der Waals surface area contributed by atoms with Crippen LogP contribution in [-0.4, -0.2) is 30.6 Å². The lowest BCUT2D eigenvalue weighted by Crippen LogP contribution is -2.14. The first-order valence-corrected chi connectivity index (χ1v) is 10.7. The number of hydrogen-bond donors (Lipinski definition) is 2. The number of fused-ring (bicyclic) bond motifs is 1. The van der Waals surface area contributed by atoms with E-state index in [9.17, 15) is 4.79 Å². The SMILES string of the molecule is CC(C)(C)c1ccc(-c2nnc(SCCc3nc4ccccc4c(=O)[nH]3)n2N)cc1. The molecule has 2 aromatic carbocycles. The lowest BCUT2D eigenvalue weighted by Gasteiger charge is -2.19. The quantitative estimate of drug-likeness (QED) is 0.378. The highest BCUT2D eigenvalue weighted by Crippen LogP contribution is 2.26. The van der Waals surface area contributed by atoms with E-state index < -0.39 is 0 Å². The maximum atomic E-state index is 12.2. The van der Waals surface area contributed by atoms with Crippen LogP contribution in [0.5, 0.6) is 0 Å². The Hall–Kier alpha value is -3.13. The van der Waals surface area contributed by atoms with E-state index in [1.165, 1.54) is 22.0 Å². The number of para-hydroxylation sites is 1. The topological polar surface area (TPSA) is 102 Å². The molecule has 3 N–H and O–H groups in total. The summed E-state index contributed by atoms with van der Waals surface area (Å²) in [5.74, 6) is 8.17. The molecule has 8 heteroatoms. The van der Waals surface area contributed by atoms with E-state index >= 15 is 0 Å². The van der Waals surface area contributed by atoms with Crippen LogP contribution in [0.4, 0.5) is 0 Å². The first kappa shape index (κ1) is 20.2. The van der Waals surface area contributed by atoms with Gasteiger partial charge in [0.1, 0.15) is 5.82 Å². The van der Waals surface area contributed by atoms with Gasteiger partial charge >= 0.3 is 0 Å². The number of benzene rings is 2. The van der Waals surface area contributed by atoms with E-state index in [0.29, 0.717) is 39.9 Å². The fraction of sp³-hybridized carbons (Fsp3) is 0.273. The second-order valence-electron chi connectivity index (χ2n) is 8.13. The molecule has 0 aliphatic carbocycles. The van der Waals surface area contributed by atoms with Crippen molar-refractivity contribution in [2.24, 2.45) is 0 Å². The molecule has 4 rings (SSSR count). The number of H-pyrrole nitrogens is 1. The third-order valence-corrected chi connectivity index (χ3v) is 5.85. The summed E-state index contributed by atoms with van der Waals surface area (Å²) < 4.78 is 1.51. The zero-order chi connectivity index (χ0) is 21.3. The summed E-state index contributed by atoms with van der Waals surface area (Å²) in [4.78, 5) is 19.6. The molecule has 0 atom stereocenters. The summed E-state index contributed by atoms with van der Waals surface area (Å²) in [6, 6.07) is 15.5. The molecule has 30 heavy (non-hydrogen) atoms. The van der Waals surface area contributed by atoms with Gasteiger partial charge in [0.25, 0.3) is 5.56 Å². The number of aromatic nitrogens is 5. The molecule has 0 aliphatic heterocycles. The Morgan fingerprint density at radius 2 is 1.80 bits per heavy atom. The molecular formula is C22H24N6OS. The molecule has 7 nitrogen and oxygen atoms in total. The number of aromatic amines is 1. The van der Waals surface area contributed by atoms with Crippen LogP contribution >= 0.6 is 11.8 Å². The lowest BCUT2D eigenvalue weighted by atomic mass is 9.87. The van der Waals surface area contributed by atoms with Gasteiger partial charge in [-0.1, -0.05) is 68.9 Å². The number of aryl methyl sites for hydroxylation is 1. The minimum absolute atomic E-state index is 0.0910. The van der Waals surface area contributed by atoms with Gasteiger partial charge < -0.3 is 10.8 Å². The molecule has 0 radical (unpaired) electrons. The highest BCUT2D eigenvalue weighted by Gasteiger charge is 2.16. The van der Waals surface area contributed by atoms with Crippen molar-refractivity contribution in [2.75, 3.05) is 11.6 Å². The number of rotatable bonds is 5. The molecule has 0 unspecified atom stereocenters. The molecule has 0 aliphatic rings. The fourth-order valence-electron chi connectivity index (χ4n) is 3.18. The van der Waals surface area contributed by atoms with Gasteiger partial charge in [-0.3, -0.25) is 4.79 Å². The highest BCUT2D eigenvalue weighted by molar-refractivity contribution is 7.99. The van der Waals surface area contributed by atoms with E-state index in [2.05, 4.69) is 53.1 Å². The smallest absolute Gasteiger partial charge is 0.258 e. The van der Waals surface area contributed by atoms with Crippen LogP contribution in [0.25, 0.3) is 22.3 Å². The van der Waals surface area contributed by atoms with Gasteiger partial charge in [-0.05, 0) is 23.1 Å². The molecule has 2 aromatic heterocycles. The Balaban J connectivity index is 1.45. The summed E-state index contributed by atoms with van der Waals surface area (Å²) in [5.41, 5.74) is 2.84. The van der Waals surface area contributed by atoms with Gasteiger partial charge in [-0.15, -0.1) is 10.2 Å². The molecule has 0 spiro atoms. The number of hydrogen-bond acceptors (Lipinski definition) is 6. The average molecular weight is 421 g/mol. The van der Waals surface area contributed by atoms with Crippen LogP contribution < -0.4 is 11.4 Å². The van der Waals surface area contributed by atoms with Gasteiger partial charge in [0.05, 0.1) is 10.9 Å². The largest absolute Gasteiger partial charge is 0.335 e. The number of nitrogen functional groups attached to an aromatic ring is 1. The second-order valence-corrected chi connectivity index (χ2v) is 9.19. The van der Waals surface area contributed by atoms with Gasteiger partial charge in [0.2, 0.25) is 5.16 Å². The van der Waals surface area contributed by atoms with E-state index in [1.807, 2.05) is 30.3 Å². The molecular weight excluding hydrogens is 396 g/mol. The van der Waals surface area contributed by atoms with E-state index in [-0.39, 0.29) is 11.0 Å². The van der Waals surface area contributed by atoms with Gasteiger partial charge in [0, 0.05) is 17.7 Å². The zero-order valence-electron chi connectivity index (χ0n) is 17.2. The van der Waals surface area contributed by atoms with Crippen molar-refractivity contribution in [3.63, 3.8) is 0 Å². The Labute approximate surface area is 178 Å². The summed E-state index contributed by atoms with van der Waals surface area (Å²) >= 11 is 1.48. The number of nitrogens with one attached hydrogen (secondary N) is 1. The van der Waals surface area contributed by atoms with Crippen molar-refractivity contribution < 1.29 is 0 Å². The maximum Gasteiger partial charge on any atom is 0.258 e. The minimum Gasteiger partial charge on any atom is -0.335 e. The number of nitrogens with zero attached hydrogens (tertiary/aromatic N) is 4. The molecule has 0 bridgehead atoms. The zero-order valence-corrected chi connectivity index (χ0v) is 18.0.